The van der Waals surface area contributed by atoms with E-state index in [2.05, 4.69) is 15.0 Å². The van der Waals surface area contributed by atoms with Gasteiger partial charge < -0.3 is 9.64 Å². The summed E-state index contributed by atoms with van der Waals surface area (Å²) >= 11 is 5.88. The van der Waals surface area contributed by atoms with Crippen LogP contribution in [0.2, 0.25) is 5.02 Å². The number of aromatic nitrogens is 1. The number of rotatable bonds is 6. The van der Waals surface area contributed by atoms with Crippen molar-refractivity contribution in [1.29, 1.82) is 0 Å². The minimum atomic E-state index is -3.09. The molecule has 1 spiro atoms. The number of pyridine rings is 1. The van der Waals surface area contributed by atoms with Crippen molar-refractivity contribution in [2.45, 2.75) is 52.2 Å². The second kappa shape index (κ2) is 9.37. The van der Waals surface area contributed by atoms with Crippen LogP contribution in [0.5, 0.6) is 5.75 Å². The van der Waals surface area contributed by atoms with E-state index in [1.54, 1.807) is 16.7 Å². The fourth-order valence-electron chi connectivity index (χ4n) is 4.90. The minimum absolute atomic E-state index is 0.0180. The third-order valence-corrected chi connectivity index (χ3v) is 6.70. The number of likely N-dealkylation sites (tertiary alicyclic amines) is 1. The number of hydrogen-bond acceptors (Lipinski definition) is 4. The number of benzene rings is 1. The predicted molar refractivity (Wildman–Crippen MR) is 126 cm³/mol. The van der Waals surface area contributed by atoms with E-state index in [1.807, 2.05) is 38.1 Å². The van der Waals surface area contributed by atoms with Crippen LogP contribution < -0.4 is 15.0 Å². The summed E-state index contributed by atoms with van der Waals surface area (Å²) in [5, 5.41) is 2.75. The van der Waals surface area contributed by atoms with Crippen LogP contribution in [0.25, 0.3) is 0 Å². The zero-order valence-electron chi connectivity index (χ0n) is 19.2. The van der Waals surface area contributed by atoms with Gasteiger partial charge >= 0.3 is 12.6 Å². The number of carbonyl (C=O) groups excluding carboxylic acids is 2. The van der Waals surface area contributed by atoms with Crippen molar-refractivity contribution in [2.75, 3.05) is 23.3 Å². The summed E-state index contributed by atoms with van der Waals surface area (Å²) in [4.78, 5) is 32.7. The number of nitrogens with zero attached hydrogens (tertiary/aromatic N) is 3. The molecule has 0 bridgehead atoms. The fourth-order valence-corrected chi connectivity index (χ4v) is 5.04. The molecular weight excluding hydrogens is 466 g/mol. The van der Waals surface area contributed by atoms with Crippen LogP contribution in [0.4, 0.5) is 25.1 Å². The molecule has 182 valence electrons. The lowest BCUT2D eigenvalue weighted by Gasteiger charge is -2.60. The van der Waals surface area contributed by atoms with Crippen LogP contribution in [0.3, 0.4) is 0 Å². The summed E-state index contributed by atoms with van der Waals surface area (Å²) in [6, 6.07) is 8.22. The van der Waals surface area contributed by atoms with Gasteiger partial charge in [0, 0.05) is 49.4 Å². The van der Waals surface area contributed by atoms with E-state index in [1.165, 1.54) is 12.3 Å². The summed E-state index contributed by atoms with van der Waals surface area (Å²) in [5.74, 6) is -0.241. The Labute approximate surface area is 202 Å². The number of ether oxygens (including phenoxy) is 1. The second-order valence-corrected chi connectivity index (χ2v) is 9.77. The first-order valence-electron chi connectivity index (χ1n) is 11.1. The molecule has 0 unspecified atom stereocenters. The standard InChI is InChI=1S/C24H27ClF2N4O3/c1-14(2)18-6-4-5-7-19(18)31(17-9-24(10-17)12-30(13-24)15(3)32)23(33)29-21-20(34-22(26)27)8-16(25)11-28-21/h4-8,11,14,17,22H,9-10,12-13H2,1-3H3,(H,28,29,33). The normalized spacial score (nSPS) is 16.9. The molecule has 4 rings (SSSR count). The van der Waals surface area contributed by atoms with Gasteiger partial charge in [0.1, 0.15) is 0 Å². The summed E-state index contributed by atoms with van der Waals surface area (Å²) in [5.41, 5.74) is 1.76. The molecular formula is C24H27ClF2N4O3. The van der Waals surface area contributed by atoms with Gasteiger partial charge in [-0.3, -0.25) is 15.0 Å². The molecule has 2 fully saturated rings. The SMILES string of the molecule is CC(=O)N1CC2(CC(N(C(=O)Nc3ncc(Cl)cc3OC(F)F)c3ccccc3C(C)C)C2)C1. The molecule has 1 aromatic carbocycles. The zero-order chi connectivity index (χ0) is 24.6. The molecule has 1 N–H and O–H groups in total. The quantitative estimate of drug-likeness (QED) is 0.577. The number of para-hydroxylation sites is 1. The Morgan fingerprint density at radius 2 is 1.94 bits per heavy atom. The molecule has 34 heavy (non-hydrogen) atoms. The van der Waals surface area contributed by atoms with Crippen molar-refractivity contribution in [2.24, 2.45) is 5.41 Å². The Kier molecular flexibility index (Phi) is 6.66. The van der Waals surface area contributed by atoms with Gasteiger partial charge in [-0.25, -0.2) is 9.78 Å². The Morgan fingerprint density at radius 1 is 1.26 bits per heavy atom. The topological polar surface area (TPSA) is 74.8 Å². The minimum Gasteiger partial charge on any atom is -0.431 e. The van der Waals surface area contributed by atoms with E-state index in [0.717, 1.165) is 24.1 Å². The molecule has 1 saturated carbocycles. The van der Waals surface area contributed by atoms with Gasteiger partial charge in [-0.15, -0.1) is 0 Å². The van der Waals surface area contributed by atoms with Crippen molar-refractivity contribution < 1.29 is 23.1 Å². The average molecular weight is 493 g/mol. The highest BCUT2D eigenvalue weighted by atomic mass is 35.5. The van der Waals surface area contributed by atoms with Gasteiger partial charge in [0.25, 0.3) is 0 Å². The number of urea groups is 1. The predicted octanol–water partition coefficient (Wildman–Crippen LogP) is 5.51. The zero-order valence-corrected chi connectivity index (χ0v) is 20.0. The Morgan fingerprint density at radius 3 is 2.56 bits per heavy atom. The highest BCUT2D eigenvalue weighted by Gasteiger charge is 2.55. The van der Waals surface area contributed by atoms with Gasteiger partial charge in [-0.05, 0) is 30.4 Å². The van der Waals surface area contributed by atoms with Gasteiger partial charge in [0.2, 0.25) is 5.91 Å². The summed E-state index contributed by atoms with van der Waals surface area (Å²) in [7, 11) is 0. The van der Waals surface area contributed by atoms with Gasteiger partial charge in [-0.1, -0.05) is 43.6 Å². The molecule has 1 aliphatic carbocycles. The lowest BCUT2D eigenvalue weighted by atomic mass is 9.60. The van der Waals surface area contributed by atoms with E-state index >= 15 is 0 Å². The van der Waals surface area contributed by atoms with Crippen LogP contribution in [0.1, 0.15) is 45.1 Å². The lowest BCUT2D eigenvalue weighted by molar-refractivity contribution is -0.148. The fraction of sp³-hybridized carbons (Fsp3) is 0.458. The number of carbonyl (C=O) groups is 2. The Balaban J connectivity index is 1.61. The number of alkyl halides is 2. The van der Waals surface area contributed by atoms with Gasteiger partial charge in [0.05, 0.1) is 5.02 Å². The molecule has 1 aromatic heterocycles. The largest absolute Gasteiger partial charge is 0.431 e. The molecule has 3 amide bonds. The van der Waals surface area contributed by atoms with E-state index in [4.69, 9.17) is 11.6 Å². The van der Waals surface area contributed by atoms with Gasteiger partial charge in [-0.2, -0.15) is 8.78 Å². The first kappa shape index (κ1) is 24.2. The smallest absolute Gasteiger partial charge is 0.387 e. The van der Waals surface area contributed by atoms with Crippen LogP contribution in [0.15, 0.2) is 36.5 Å². The Bertz CT molecular complexity index is 1080. The number of halogens is 3. The van der Waals surface area contributed by atoms with Crippen LogP contribution >= 0.6 is 11.6 Å². The van der Waals surface area contributed by atoms with E-state index in [9.17, 15) is 18.4 Å². The molecule has 7 nitrogen and oxygen atoms in total. The summed E-state index contributed by atoms with van der Waals surface area (Å²) < 4.78 is 30.3. The van der Waals surface area contributed by atoms with Crippen molar-refractivity contribution >= 4 is 35.0 Å². The molecule has 1 aliphatic heterocycles. The van der Waals surface area contributed by atoms with E-state index in [0.29, 0.717) is 13.1 Å². The van der Waals surface area contributed by atoms with E-state index in [-0.39, 0.29) is 39.9 Å². The highest BCUT2D eigenvalue weighted by Crippen LogP contribution is 2.51. The summed E-state index contributed by atoms with van der Waals surface area (Å²) in [6.07, 6.45) is 2.74. The molecule has 2 aliphatic rings. The number of hydrogen-bond donors (Lipinski definition) is 1. The first-order valence-corrected chi connectivity index (χ1v) is 11.5. The molecule has 2 heterocycles. The van der Waals surface area contributed by atoms with Crippen molar-refractivity contribution in [3.8, 4) is 5.75 Å². The molecule has 1 saturated heterocycles. The highest BCUT2D eigenvalue weighted by molar-refractivity contribution is 6.30. The van der Waals surface area contributed by atoms with Crippen LogP contribution in [-0.4, -0.2) is 47.6 Å². The molecule has 10 heteroatoms. The Hall–Kier alpha value is -2.94. The third-order valence-electron chi connectivity index (χ3n) is 6.50. The van der Waals surface area contributed by atoms with Crippen molar-refractivity contribution in [3.05, 3.63) is 47.1 Å². The monoisotopic (exact) mass is 492 g/mol. The average Bonchev–Trinajstić information content (AvgIpc) is 2.70. The van der Waals surface area contributed by atoms with E-state index < -0.39 is 12.6 Å². The maximum atomic E-state index is 13.6. The maximum Gasteiger partial charge on any atom is 0.387 e. The maximum absolute atomic E-state index is 13.6. The number of amides is 3. The van der Waals surface area contributed by atoms with Gasteiger partial charge in [0.15, 0.2) is 11.6 Å². The second-order valence-electron chi connectivity index (χ2n) is 9.33. The van der Waals surface area contributed by atoms with Crippen LogP contribution in [-0.2, 0) is 4.79 Å². The summed E-state index contributed by atoms with van der Waals surface area (Å²) in [6.45, 7) is 3.92. The number of anilines is 2. The third kappa shape index (κ3) is 4.80. The lowest BCUT2D eigenvalue weighted by Crippen LogP contribution is -2.68. The molecule has 0 atom stereocenters. The molecule has 2 aromatic rings. The number of nitrogens with one attached hydrogen (secondary N) is 1. The van der Waals surface area contributed by atoms with Crippen molar-refractivity contribution in [3.63, 3.8) is 0 Å². The van der Waals surface area contributed by atoms with Crippen molar-refractivity contribution in [1.82, 2.24) is 9.88 Å². The first-order chi connectivity index (χ1) is 16.1. The van der Waals surface area contributed by atoms with Crippen LogP contribution in [0, 0.1) is 5.41 Å². The molecule has 0 radical (unpaired) electrons.